The van der Waals surface area contributed by atoms with Gasteiger partial charge in [0.1, 0.15) is 6.54 Å². The van der Waals surface area contributed by atoms with Gasteiger partial charge in [-0.05, 0) is 49.8 Å². The van der Waals surface area contributed by atoms with Crippen LogP contribution >= 0.6 is 0 Å². The number of nitrogens with zero attached hydrogens (tertiary/aromatic N) is 1. The molecule has 0 aliphatic heterocycles. The van der Waals surface area contributed by atoms with E-state index >= 15 is 0 Å². The molecule has 1 unspecified atom stereocenters. The summed E-state index contributed by atoms with van der Waals surface area (Å²) in [7, 11) is 0. The molecule has 0 aliphatic rings. The molecule has 168 valence electrons. The molecule has 2 amide bonds. The molecule has 0 bridgehead atoms. The van der Waals surface area contributed by atoms with Crippen molar-refractivity contribution in [3.63, 3.8) is 0 Å². The topological polar surface area (TPSA) is 101 Å². The van der Waals surface area contributed by atoms with Crippen molar-refractivity contribution in [3.8, 4) is 0 Å². The van der Waals surface area contributed by atoms with Gasteiger partial charge in [-0.2, -0.15) is 0 Å². The lowest BCUT2D eigenvalue weighted by Crippen LogP contribution is -2.49. The van der Waals surface area contributed by atoms with E-state index in [1.165, 1.54) is 5.56 Å². The number of aryl methyl sites for hydroxylation is 1. The molecule has 31 heavy (non-hydrogen) atoms. The molecule has 0 aromatic heterocycles. The van der Waals surface area contributed by atoms with E-state index in [9.17, 15) is 9.59 Å². The summed E-state index contributed by atoms with van der Waals surface area (Å²) in [6, 6.07) is 19.1. The van der Waals surface area contributed by atoms with Crippen molar-refractivity contribution in [1.29, 1.82) is 0 Å². The van der Waals surface area contributed by atoms with E-state index < -0.39 is 6.04 Å². The number of carbonyl (C=O) groups excluding carboxylic acids is 2. The minimum Gasteiger partial charge on any atom is -0.355 e. The summed E-state index contributed by atoms with van der Waals surface area (Å²) >= 11 is 0. The molecule has 0 spiro atoms. The van der Waals surface area contributed by atoms with E-state index in [4.69, 9.17) is 11.5 Å². The highest BCUT2D eigenvalue weighted by molar-refractivity contribution is 5.87. The lowest BCUT2D eigenvalue weighted by Gasteiger charge is -2.33. The molecule has 0 aliphatic carbocycles. The molecule has 0 fully saturated rings. The average Bonchev–Trinajstić information content (AvgIpc) is 2.81. The van der Waals surface area contributed by atoms with Crippen LogP contribution in [0.3, 0.4) is 0 Å². The van der Waals surface area contributed by atoms with Gasteiger partial charge in [-0.25, -0.2) is 0 Å². The van der Waals surface area contributed by atoms with Gasteiger partial charge in [-0.3, -0.25) is 9.59 Å². The quantitative estimate of drug-likeness (QED) is 0.430. The van der Waals surface area contributed by atoms with E-state index in [2.05, 4.69) is 17.4 Å². The Kier molecular flexibility index (Phi) is 10.8. The molecule has 2 rings (SSSR count). The minimum atomic E-state index is -0.660. The molecule has 6 nitrogen and oxygen atoms in total. The Hall–Kier alpha value is -2.70. The van der Waals surface area contributed by atoms with Gasteiger partial charge in [0.15, 0.2) is 0 Å². The molecule has 5 N–H and O–H groups in total. The van der Waals surface area contributed by atoms with E-state index in [-0.39, 0.29) is 24.4 Å². The van der Waals surface area contributed by atoms with Crippen LogP contribution in [0.4, 0.5) is 0 Å². The maximum Gasteiger partial charge on any atom is 0.240 e. The minimum absolute atomic E-state index is 0.00606. The van der Waals surface area contributed by atoms with E-state index in [1.807, 2.05) is 55.5 Å². The van der Waals surface area contributed by atoms with Gasteiger partial charge in [-0.1, -0.05) is 67.6 Å². The predicted octanol–water partition coefficient (Wildman–Crippen LogP) is 2.78. The van der Waals surface area contributed by atoms with Crippen LogP contribution < -0.4 is 16.8 Å². The fraction of sp³-hybridized carbons (Fsp3) is 0.440. The van der Waals surface area contributed by atoms with Crippen LogP contribution in [0.5, 0.6) is 0 Å². The largest absolute Gasteiger partial charge is 0.355 e. The Morgan fingerprint density at radius 3 is 2.26 bits per heavy atom. The Morgan fingerprint density at radius 1 is 1.00 bits per heavy atom. The van der Waals surface area contributed by atoms with E-state index in [0.717, 1.165) is 18.4 Å². The smallest absolute Gasteiger partial charge is 0.240 e. The maximum absolute atomic E-state index is 13.2. The monoisotopic (exact) mass is 424 g/mol. The third-order valence-corrected chi connectivity index (χ3v) is 5.39. The van der Waals surface area contributed by atoms with Gasteiger partial charge in [0, 0.05) is 6.54 Å². The first kappa shape index (κ1) is 24.6. The second kappa shape index (κ2) is 13.6. The van der Waals surface area contributed by atoms with Crippen LogP contribution in [0.15, 0.2) is 60.7 Å². The van der Waals surface area contributed by atoms with Crippen LogP contribution in [-0.4, -0.2) is 42.4 Å². The number of nitrogens with two attached hydrogens (primary N) is 2. The number of hydrogen-bond donors (Lipinski definition) is 3. The first-order valence-corrected chi connectivity index (χ1v) is 11.2. The first-order chi connectivity index (χ1) is 15.1. The molecular formula is C25H36N4O2. The normalized spacial score (nSPS) is 12.7. The Bertz CT molecular complexity index is 783. The highest BCUT2D eigenvalue weighted by Gasteiger charge is 2.29. The number of benzene rings is 2. The molecule has 2 aromatic carbocycles. The SMILES string of the molecule is CCC(c1ccccc1)N(CC(=O)NCCCc1ccccc1)C(=O)[C@H](N)CCCN. The van der Waals surface area contributed by atoms with Gasteiger partial charge < -0.3 is 21.7 Å². The van der Waals surface area contributed by atoms with Crippen molar-refractivity contribution < 1.29 is 9.59 Å². The summed E-state index contributed by atoms with van der Waals surface area (Å²) in [5, 5.41) is 2.96. The second-order valence-corrected chi connectivity index (χ2v) is 7.78. The van der Waals surface area contributed by atoms with E-state index in [1.54, 1.807) is 4.90 Å². The fourth-order valence-corrected chi connectivity index (χ4v) is 3.70. The Morgan fingerprint density at radius 2 is 1.65 bits per heavy atom. The number of rotatable bonds is 13. The van der Waals surface area contributed by atoms with Crippen LogP contribution in [0.1, 0.15) is 49.8 Å². The maximum atomic E-state index is 13.2. The van der Waals surface area contributed by atoms with Gasteiger partial charge in [0.05, 0.1) is 12.1 Å². The van der Waals surface area contributed by atoms with Crippen LogP contribution in [0.25, 0.3) is 0 Å². The summed E-state index contributed by atoms with van der Waals surface area (Å²) in [6.07, 6.45) is 3.62. The van der Waals surface area contributed by atoms with Crippen molar-refractivity contribution in [2.24, 2.45) is 11.5 Å². The molecule has 0 saturated carbocycles. The van der Waals surface area contributed by atoms with Gasteiger partial charge in [0.2, 0.25) is 11.8 Å². The van der Waals surface area contributed by atoms with Crippen molar-refractivity contribution in [3.05, 3.63) is 71.8 Å². The Labute approximate surface area is 186 Å². The van der Waals surface area contributed by atoms with Crippen molar-refractivity contribution in [2.45, 2.75) is 51.1 Å². The standard InChI is InChI=1S/C25H36N4O2/c1-2-23(21-14-7-4-8-15-21)29(25(31)22(27)16-9-17-26)19-24(30)28-18-10-13-20-11-5-3-6-12-20/h3-8,11-12,14-15,22-23H,2,9-10,13,16-19,26-27H2,1H3,(H,28,30)/t22-,23?/m1/s1. The zero-order valence-electron chi connectivity index (χ0n) is 18.5. The van der Waals surface area contributed by atoms with Crippen molar-refractivity contribution in [1.82, 2.24) is 10.2 Å². The molecule has 0 heterocycles. The molecule has 6 heteroatoms. The summed E-state index contributed by atoms with van der Waals surface area (Å²) in [5.74, 6) is -0.370. The van der Waals surface area contributed by atoms with E-state index in [0.29, 0.717) is 32.4 Å². The van der Waals surface area contributed by atoms with Crippen molar-refractivity contribution >= 4 is 11.8 Å². The summed E-state index contributed by atoms with van der Waals surface area (Å²) < 4.78 is 0. The predicted molar refractivity (Wildman–Crippen MR) is 125 cm³/mol. The molecule has 0 saturated heterocycles. The molecule has 2 atom stereocenters. The highest BCUT2D eigenvalue weighted by Crippen LogP contribution is 2.25. The van der Waals surface area contributed by atoms with Gasteiger partial charge >= 0.3 is 0 Å². The number of carbonyl (C=O) groups is 2. The lowest BCUT2D eigenvalue weighted by molar-refractivity contribution is -0.140. The van der Waals surface area contributed by atoms with Crippen LogP contribution in [0, 0.1) is 0 Å². The third kappa shape index (κ3) is 8.15. The molecule has 2 aromatic rings. The zero-order chi connectivity index (χ0) is 22.5. The summed E-state index contributed by atoms with van der Waals surface area (Å²) in [5.41, 5.74) is 14.0. The lowest BCUT2D eigenvalue weighted by atomic mass is 10.0. The third-order valence-electron chi connectivity index (χ3n) is 5.39. The van der Waals surface area contributed by atoms with Gasteiger partial charge in [0.25, 0.3) is 0 Å². The van der Waals surface area contributed by atoms with Crippen LogP contribution in [-0.2, 0) is 16.0 Å². The second-order valence-electron chi connectivity index (χ2n) is 7.78. The highest BCUT2D eigenvalue weighted by atomic mass is 16.2. The number of hydrogen-bond acceptors (Lipinski definition) is 4. The summed E-state index contributed by atoms with van der Waals surface area (Å²) in [6.45, 7) is 3.06. The number of amides is 2. The van der Waals surface area contributed by atoms with Crippen molar-refractivity contribution in [2.75, 3.05) is 19.6 Å². The summed E-state index contributed by atoms with van der Waals surface area (Å²) in [4.78, 5) is 27.5. The van der Waals surface area contributed by atoms with Gasteiger partial charge in [-0.15, -0.1) is 0 Å². The average molecular weight is 425 g/mol. The number of nitrogens with one attached hydrogen (secondary N) is 1. The molecular weight excluding hydrogens is 388 g/mol. The first-order valence-electron chi connectivity index (χ1n) is 11.2. The zero-order valence-corrected chi connectivity index (χ0v) is 18.5. The fourth-order valence-electron chi connectivity index (χ4n) is 3.70. The Balaban J connectivity index is 2.01. The molecule has 0 radical (unpaired) electrons. The van der Waals surface area contributed by atoms with Crippen LogP contribution in [0.2, 0.25) is 0 Å².